The number of hydroxylamine groups is 1. The molecule has 0 spiro atoms. The lowest BCUT2D eigenvalue weighted by Crippen LogP contribution is -2.29. The molecule has 6 nitrogen and oxygen atoms in total. The van der Waals surface area contributed by atoms with Crippen molar-refractivity contribution in [2.24, 2.45) is 7.05 Å². The number of benzene rings is 1. The maximum atomic E-state index is 13.3. The number of hydrogen-bond acceptors (Lipinski definition) is 4. The molecule has 2 heterocycles. The van der Waals surface area contributed by atoms with E-state index < -0.39 is 18.0 Å². The Kier molecular flexibility index (Phi) is 5.76. The number of amides is 1. The second kappa shape index (κ2) is 8.06. The molecule has 0 atom stereocenters. The molecular weight excluding hydrogens is 378 g/mol. The van der Waals surface area contributed by atoms with Crippen molar-refractivity contribution in [2.75, 3.05) is 13.7 Å². The van der Waals surface area contributed by atoms with Crippen molar-refractivity contribution in [1.82, 2.24) is 20.2 Å². The summed E-state index contributed by atoms with van der Waals surface area (Å²) < 4.78 is 27.8. The van der Waals surface area contributed by atoms with Crippen molar-refractivity contribution in [2.45, 2.75) is 19.3 Å². The number of nitrogens with one attached hydrogen (secondary N) is 1. The van der Waals surface area contributed by atoms with Gasteiger partial charge in [-0.1, -0.05) is 23.7 Å². The highest BCUT2D eigenvalue weighted by Gasteiger charge is 2.32. The van der Waals surface area contributed by atoms with Crippen LogP contribution < -0.4 is 5.48 Å². The van der Waals surface area contributed by atoms with E-state index in [1.54, 1.807) is 24.3 Å². The molecule has 0 aliphatic carbocycles. The Bertz CT molecular complexity index is 865. The molecular formula is C18H19ClF2N4O2. The summed E-state index contributed by atoms with van der Waals surface area (Å²) in [4.78, 5) is 19.6. The van der Waals surface area contributed by atoms with Crippen molar-refractivity contribution < 1.29 is 18.4 Å². The molecule has 1 aromatic carbocycles. The largest absolute Gasteiger partial charge is 0.310 e. The van der Waals surface area contributed by atoms with Crippen molar-refractivity contribution in [3.8, 4) is 0 Å². The fourth-order valence-electron chi connectivity index (χ4n) is 3.14. The van der Waals surface area contributed by atoms with Gasteiger partial charge < -0.3 is 4.90 Å². The monoisotopic (exact) mass is 396 g/mol. The Morgan fingerprint density at radius 1 is 1.33 bits per heavy atom. The molecule has 1 amide bonds. The first-order valence-electron chi connectivity index (χ1n) is 8.34. The summed E-state index contributed by atoms with van der Waals surface area (Å²) in [7, 11) is 2.97. The third-order valence-corrected chi connectivity index (χ3v) is 4.54. The number of nitrogens with zero attached hydrogens (tertiary/aromatic N) is 3. The predicted octanol–water partition coefficient (Wildman–Crippen LogP) is 3.77. The molecule has 2 aromatic rings. The zero-order valence-electron chi connectivity index (χ0n) is 14.9. The van der Waals surface area contributed by atoms with Gasteiger partial charge in [0.2, 0.25) is 0 Å². The van der Waals surface area contributed by atoms with E-state index in [2.05, 4.69) is 10.6 Å². The van der Waals surface area contributed by atoms with Crippen LogP contribution in [-0.4, -0.2) is 34.2 Å². The number of halogens is 3. The maximum Gasteiger partial charge on any atom is 0.282 e. The SMILES string of the molecule is CON/C(=C1/CCCN1C(=O)c1cn(C)nc1C(F)F)c1ccc(Cl)cc1. The molecule has 1 fully saturated rings. The first-order valence-corrected chi connectivity index (χ1v) is 8.71. The summed E-state index contributed by atoms with van der Waals surface area (Å²) >= 11 is 5.95. The normalized spacial score (nSPS) is 16.1. The number of allylic oxidation sites excluding steroid dienone is 1. The summed E-state index contributed by atoms with van der Waals surface area (Å²) in [6, 6.07) is 7.05. The van der Waals surface area contributed by atoms with E-state index in [0.29, 0.717) is 35.8 Å². The Labute approximate surface area is 160 Å². The van der Waals surface area contributed by atoms with Crippen LogP contribution in [0.25, 0.3) is 5.70 Å². The second-order valence-corrected chi connectivity index (χ2v) is 6.53. The van der Waals surface area contributed by atoms with Gasteiger partial charge in [0.05, 0.1) is 18.4 Å². The van der Waals surface area contributed by atoms with Crippen molar-refractivity contribution >= 4 is 23.2 Å². The van der Waals surface area contributed by atoms with Crippen LogP contribution >= 0.6 is 11.6 Å². The fourth-order valence-corrected chi connectivity index (χ4v) is 3.26. The van der Waals surface area contributed by atoms with E-state index in [4.69, 9.17) is 16.4 Å². The van der Waals surface area contributed by atoms with Crippen LogP contribution in [0, 0.1) is 0 Å². The number of rotatable bonds is 5. The van der Waals surface area contributed by atoms with Gasteiger partial charge in [-0.3, -0.25) is 19.8 Å². The molecule has 0 saturated carbocycles. The van der Waals surface area contributed by atoms with Gasteiger partial charge in [-0.25, -0.2) is 8.78 Å². The van der Waals surface area contributed by atoms with E-state index >= 15 is 0 Å². The molecule has 1 aliphatic rings. The molecule has 1 aliphatic heterocycles. The molecule has 1 N–H and O–H groups in total. The van der Waals surface area contributed by atoms with Crippen molar-refractivity contribution in [1.29, 1.82) is 0 Å². The van der Waals surface area contributed by atoms with E-state index in [9.17, 15) is 13.6 Å². The van der Waals surface area contributed by atoms with E-state index in [1.807, 2.05) is 0 Å². The van der Waals surface area contributed by atoms with Crippen LogP contribution in [0.4, 0.5) is 8.78 Å². The van der Waals surface area contributed by atoms with Gasteiger partial charge in [0.1, 0.15) is 5.69 Å². The van der Waals surface area contributed by atoms with Crippen molar-refractivity contribution in [3.05, 3.63) is 58.0 Å². The minimum absolute atomic E-state index is 0.0974. The van der Waals surface area contributed by atoms with Crippen LogP contribution in [0.15, 0.2) is 36.2 Å². The third-order valence-electron chi connectivity index (χ3n) is 4.29. The molecule has 0 unspecified atom stereocenters. The van der Waals surface area contributed by atoms with Gasteiger partial charge >= 0.3 is 0 Å². The first-order chi connectivity index (χ1) is 12.9. The lowest BCUT2D eigenvalue weighted by molar-refractivity contribution is 0.0808. The summed E-state index contributed by atoms with van der Waals surface area (Å²) in [6.45, 7) is 0.425. The van der Waals surface area contributed by atoms with Gasteiger partial charge in [0, 0.05) is 36.1 Å². The number of aryl methyl sites for hydroxylation is 1. The van der Waals surface area contributed by atoms with Crippen LogP contribution in [0.2, 0.25) is 5.02 Å². The smallest absolute Gasteiger partial charge is 0.282 e. The molecule has 0 bridgehead atoms. The van der Waals surface area contributed by atoms with Gasteiger partial charge in [0.25, 0.3) is 12.3 Å². The average Bonchev–Trinajstić information content (AvgIpc) is 3.27. The van der Waals surface area contributed by atoms with Gasteiger partial charge in [0.15, 0.2) is 0 Å². The van der Waals surface area contributed by atoms with E-state index in [0.717, 1.165) is 5.56 Å². The topological polar surface area (TPSA) is 59.4 Å². The molecule has 3 rings (SSSR count). The van der Waals surface area contributed by atoms with Gasteiger partial charge in [-0.15, -0.1) is 0 Å². The molecule has 1 aromatic heterocycles. The zero-order chi connectivity index (χ0) is 19.6. The highest BCUT2D eigenvalue weighted by Crippen LogP contribution is 2.32. The lowest BCUT2D eigenvalue weighted by Gasteiger charge is -2.22. The lowest BCUT2D eigenvalue weighted by atomic mass is 10.1. The molecule has 144 valence electrons. The molecule has 27 heavy (non-hydrogen) atoms. The number of carbonyl (C=O) groups is 1. The minimum Gasteiger partial charge on any atom is -0.310 e. The summed E-state index contributed by atoms with van der Waals surface area (Å²) in [6.07, 6.45) is -0.183. The number of likely N-dealkylation sites (tertiary alicyclic amines) is 1. The van der Waals surface area contributed by atoms with Crippen LogP contribution in [0.1, 0.15) is 40.9 Å². The number of aromatic nitrogens is 2. The molecule has 1 saturated heterocycles. The van der Waals surface area contributed by atoms with E-state index in [1.165, 1.54) is 29.9 Å². The number of carbonyl (C=O) groups excluding carboxylic acids is 1. The quantitative estimate of drug-likeness (QED) is 0.782. The first kappa shape index (κ1) is 19.3. The second-order valence-electron chi connectivity index (χ2n) is 6.10. The Morgan fingerprint density at radius 3 is 2.67 bits per heavy atom. The number of alkyl halides is 2. The van der Waals surface area contributed by atoms with Crippen LogP contribution in [0.3, 0.4) is 0 Å². The van der Waals surface area contributed by atoms with E-state index in [-0.39, 0.29) is 5.56 Å². The minimum atomic E-state index is -2.83. The maximum absolute atomic E-state index is 13.3. The number of hydrogen-bond donors (Lipinski definition) is 1. The zero-order valence-corrected chi connectivity index (χ0v) is 15.6. The van der Waals surface area contributed by atoms with Crippen LogP contribution in [-0.2, 0) is 11.9 Å². The van der Waals surface area contributed by atoms with Crippen LogP contribution in [0.5, 0.6) is 0 Å². The summed E-state index contributed by atoms with van der Waals surface area (Å²) in [5.74, 6) is -0.504. The molecule has 0 radical (unpaired) electrons. The Balaban J connectivity index is 2.03. The average molecular weight is 397 g/mol. The Morgan fingerprint density at radius 2 is 2.04 bits per heavy atom. The van der Waals surface area contributed by atoms with Crippen molar-refractivity contribution in [3.63, 3.8) is 0 Å². The van der Waals surface area contributed by atoms with Gasteiger partial charge in [-0.05, 0) is 25.0 Å². The van der Waals surface area contributed by atoms with Gasteiger partial charge in [-0.2, -0.15) is 5.10 Å². The fraction of sp³-hybridized carbons (Fsp3) is 0.333. The molecule has 9 heteroatoms. The highest BCUT2D eigenvalue weighted by molar-refractivity contribution is 6.30. The standard InChI is InChI=1S/C18H19ClF2N4O2/c1-24-10-13(16(22-24)17(20)21)18(26)25-9-3-4-14(25)15(23-27-2)11-5-7-12(19)8-6-11/h5-8,10,17,23H,3-4,9H2,1-2H3/b15-14-. The predicted molar refractivity (Wildman–Crippen MR) is 97.0 cm³/mol. The Hall–Kier alpha value is -2.45. The summed E-state index contributed by atoms with van der Waals surface area (Å²) in [5, 5.41) is 4.31. The summed E-state index contributed by atoms with van der Waals surface area (Å²) in [5.41, 5.74) is 4.25. The highest BCUT2D eigenvalue weighted by atomic mass is 35.5. The third kappa shape index (κ3) is 3.96.